The minimum absolute atomic E-state index is 0.248. The quantitative estimate of drug-likeness (QED) is 0.778. The van der Waals surface area contributed by atoms with Crippen molar-refractivity contribution < 1.29 is 14.4 Å². The molecule has 1 heterocycles. The zero-order chi connectivity index (χ0) is 17.0. The molecule has 0 radical (unpaired) electrons. The average molecular weight is 338 g/mol. The van der Waals surface area contributed by atoms with Crippen LogP contribution in [-0.2, 0) is 16.1 Å². The minimum atomic E-state index is -0.543. The fraction of sp³-hybridized carbons (Fsp3) is 0.438. The lowest BCUT2D eigenvalue weighted by Gasteiger charge is -2.14. The second-order valence-electron chi connectivity index (χ2n) is 5.92. The Balaban J connectivity index is 1.89. The van der Waals surface area contributed by atoms with Crippen LogP contribution in [0.5, 0.6) is 0 Å². The molecule has 124 valence electrons. The highest BCUT2D eigenvalue weighted by atomic mass is 35.5. The lowest BCUT2D eigenvalue weighted by atomic mass is 10.0. The van der Waals surface area contributed by atoms with Crippen molar-refractivity contribution in [1.82, 2.24) is 15.5 Å². The third-order valence-electron chi connectivity index (χ3n) is 3.55. The van der Waals surface area contributed by atoms with Crippen LogP contribution in [0.1, 0.15) is 25.8 Å². The maximum Gasteiger partial charge on any atom is 0.325 e. The van der Waals surface area contributed by atoms with Crippen molar-refractivity contribution in [3.63, 3.8) is 0 Å². The largest absolute Gasteiger partial charge is 0.350 e. The maximum atomic E-state index is 12.2. The van der Waals surface area contributed by atoms with Crippen LogP contribution in [0.3, 0.4) is 0 Å². The molecule has 0 unspecified atom stereocenters. The van der Waals surface area contributed by atoms with E-state index in [2.05, 4.69) is 10.6 Å². The lowest BCUT2D eigenvalue weighted by Crippen LogP contribution is -2.41. The topological polar surface area (TPSA) is 78.5 Å². The summed E-state index contributed by atoms with van der Waals surface area (Å²) in [5.41, 5.74) is 0.775. The fourth-order valence-corrected chi connectivity index (χ4v) is 2.60. The van der Waals surface area contributed by atoms with Crippen molar-refractivity contribution in [3.8, 4) is 0 Å². The Morgan fingerprint density at radius 1 is 1.35 bits per heavy atom. The number of benzene rings is 1. The summed E-state index contributed by atoms with van der Waals surface area (Å²) in [6.45, 7) is 3.90. The van der Waals surface area contributed by atoms with Crippen LogP contribution in [-0.4, -0.2) is 35.3 Å². The van der Waals surface area contributed by atoms with Crippen LogP contribution >= 0.6 is 11.6 Å². The molecule has 1 saturated heterocycles. The van der Waals surface area contributed by atoms with Crippen LogP contribution in [0.4, 0.5) is 4.79 Å². The predicted molar refractivity (Wildman–Crippen MR) is 86.8 cm³/mol. The highest BCUT2D eigenvalue weighted by molar-refractivity contribution is 6.31. The van der Waals surface area contributed by atoms with Crippen LogP contribution in [0.25, 0.3) is 0 Å². The van der Waals surface area contributed by atoms with Crippen molar-refractivity contribution in [3.05, 3.63) is 34.9 Å². The third-order valence-corrected chi connectivity index (χ3v) is 3.92. The molecule has 1 aliphatic heterocycles. The van der Waals surface area contributed by atoms with E-state index in [1.807, 2.05) is 19.9 Å². The summed E-state index contributed by atoms with van der Waals surface area (Å²) >= 11 is 6.01. The first-order valence-electron chi connectivity index (χ1n) is 7.50. The molecule has 4 amide bonds. The number of halogens is 1. The summed E-state index contributed by atoms with van der Waals surface area (Å²) in [6, 6.07) is 6.09. The number of hydrogen-bond acceptors (Lipinski definition) is 3. The summed E-state index contributed by atoms with van der Waals surface area (Å²) in [7, 11) is 0. The van der Waals surface area contributed by atoms with Crippen molar-refractivity contribution >= 4 is 29.4 Å². The Bertz CT molecular complexity index is 618. The van der Waals surface area contributed by atoms with E-state index in [0.717, 1.165) is 10.5 Å². The molecule has 0 spiro atoms. The van der Waals surface area contributed by atoms with E-state index in [1.54, 1.807) is 18.2 Å². The number of carbonyl (C=O) groups is 3. The highest BCUT2D eigenvalue weighted by Crippen LogP contribution is 2.15. The number of imide groups is 1. The van der Waals surface area contributed by atoms with Crippen molar-refractivity contribution in [1.29, 1.82) is 0 Å². The van der Waals surface area contributed by atoms with E-state index in [1.165, 1.54) is 0 Å². The molecule has 1 aromatic carbocycles. The first-order chi connectivity index (χ1) is 10.9. The maximum absolute atomic E-state index is 12.2. The minimum Gasteiger partial charge on any atom is -0.350 e. The SMILES string of the molecule is CC(C)C[C@@H]1NC(=O)N(CC(=O)NCc2ccccc2Cl)C1=O. The van der Waals surface area contributed by atoms with Gasteiger partial charge in [-0.2, -0.15) is 0 Å². The van der Waals surface area contributed by atoms with Crippen LogP contribution < -0.4 is 10.6 Å². The zero-order valence-corrected chi connectivity index (χ0v) is 13.9. The molecule has 0 aliphatic carbocycles. The molecule has 1 fully saturated rings. The third kappa shape index (κ3) is 4.45. The number of carbonyl (C=O) groups excluding carboxylic acids is 3. The zero-order valence-electron chi connectivity index (χ0n) is 13.1. The molecule has 0 saturated carbocycles. The highest BCUT2D eigenvalue weighted by Gasteiger charge is 2.38. The van der Waals surface area contributed by atoms with E-state index in [4.69, 9.17) is 11.6 Å². The summed E-state index contributed by atoms with van der Waals surface area (Å²) in [5.74, 6) is -0.478. The number of amides is 4. The van der Waals surface area contributed by atoms with Gasteiger partial charge in [0.15, 0.2) is 0 Å². The Kier molecular flexibility index (Phi) is 5.60. The Morgan fingerprint density at radius 2 is 2.04 bits per heavy atom. The molecule has 1 aliphatic rings. The van der Waals surface area contributed by atoms with Gasteiger partial charge in [0, 0.05) is 11.6 Å². The van der Waals surface area contributed by atoms with Crippen LogP contribution in [0.15, 0.2) is 24.3 Å². The van der Waals surface area contributed by atoms with Crippen molar-refractivity contribution in [2.24, 2.45) is 5.92 Å². The van der Waals surface area contributed by atoms with Gasteiger partial charge in [-0.3, -0.25) is 14.5 Å². The Morgan fingerprint density at radius 3 is 2.70 bits per heavy atom. The average Bonchev–Trinajstić information content (AvgIpc) is 2.73. The molecule has 0 bridgehead atoms. The number of nitrogens with zero attached hydrogens (tertiary/aromatic N) is 1. The predicted octanol–water partition coefficient (Wildman–Crippen LogP) is 1.92. The molecule has 6 nitrogen and oxygen atoms in total. The smallest absolute Gasteiger partial charge is 0.325 e. The van der Waals surface area contributed by atoms with Crippen LogP contribution in [0, 0.1) is 5.92 Å². The van der Waals surface area contributed by atoms with Gasteiger partial charge in [-0.25, -0.2) is 4.79 Å². The first-order valence-corrected chi connectivity index (χ1v) is 7.88. The second-order valence-corrected chi connectivity index (χ2v) is 6.33. The first kappa shape index (κ1) is 17.3. The van der Waals surface area contributed by atoms with E-state index < -0.39 is 18.0 Å². The summed E-state index contributed by atoms with van der Waals surface area (Å²) in [5, 5.41) is 5.83. The molecule has 0 aromatic heterocycles. The number of urea groups is 1. The van der Waals surface area contributed by atoms with Crippen LogP contribution in [0.2, 0.25) is 5.02 Å². The second kappa shape index (κ2) is 7.46. The molecular weight excluding hydrogens is 318 g/mol. The van der Waals surface area contributed by atoms with Gasteiger partial charge in [0.1, 0.15) is 12.6 Å². The molecule has 7 heteroatoms. The molecule has 2 rings (SSSR count). The van der Waals surface area contributed by atoms with Gasteiger partial charge in [0.05, 0.1) is 0 Å². The monoisotopic (exact) mass is 337 g/mol. The molecule has 23 heavy (non-hydrogen) atoms. The number of hydrogen-bond donors (Lipinski definition) is 2. The van der Waals surface area contributed by atoms with Crippen molar-refractivity contribution in [2.45, 2.75) is 32.9 Å². The van der Waals surface area contributed by atoms with Gasteiger partial charge in [-0.15, -0.1) is 0 Å². The molecule has 1 aromatic rings. The molecular formula is C16H20ClN3O3. The fourth-order valence-electron chi connectivity index (χ4n) is 2.39. The number of nitrogens with one attached hydrogen (secondary N) is 2. The summed E-state index contributed by atoms with van der Waals surface area (Å²) < 4.78 is 0. The van der Waals surface area contributed by atoms with E-state index in [9.17, 15) is 14.4 Å². The van der Waals surface area contributed by atoms with Gasteiger partial charge in [-0.05, 0) is 24.0 Å². The lowest BCUT2D eigenvalue weighted by molar-refractivity contribution is -0.132. The standard InChI is InChI=1S/C16H20ClN3O3/c1-10(2)7-13-15(22)20(16(23)19-13)9-14(21)18-8-11-5-3-4-6-12(11)17/h3-6,10,13H,7-9H2,1-2H3,(H,18,21)(H,19,23)/t13-/m0/s1. The number of rotatable bonds is 6. The summed E-state index contributed by atoms with van der Waals surface area (Å²) in [6.07, 6.45) is 0.558. The normalized spacial score (nSPS) is 17.6. The molecule has 2 N–H and O–H groups in total. The van der Waals surface area contributed by atoms with E-state index >= 15 is 0 Å². The van der Waals surface area contributed by atoms with Gasteiger partial charge >= 0.3 is 6.03 Å². The van der Waals surface area contributed by atoms with Gasteiger partial charge in [0.2, 0.25) is 5.91 Å². The Labute approximate surface area is 140 Å². The molecule has 1 atom stereocenters. The van der Waals surface area contributed by atoms with E-state index in [0.29, 0.717) is 11.4 Å². The Hall–Kier alpha value is -2.08. The summed E-state index contributed by atoms with van der Waals surface area (Å²) in [4.78, 5) is 36.9. The van der Waals surface area contributed by atoms with Crippen molar-refractivity contribution in [2.75, 3.05) is 6.54 Å². The van der Waals surface area contributed by atoms with Gasteiger partial charge in [0.25, 0.3) is 5.91 Å². The van der Waals surface area contributed by atoms with Gasteiger partial charge < -0.3 is 10.6 Å². The van der Waals surface area contributed by atoms with E-state index in [-0.39, 0.29) is 24.9 Å². The van der Waals surface area contributed by atoms with Gasteiger partial charge in [-0.1, -0.05) is 43.6 Å².